The molecule has 5 heteroatoms. The van der Waals surface area contributed by atoms with Crippen LogP contribution in [0.25, 0.3) is 0 Å². The van der Waals surface area contributed by atoms with E-state index in [-0.39, 0.29) is 18.0 Å². The highest BCUT2D eigenvalue weighted by atomic mass is 79.9. The molecule has 19 heavy (non-hydrogen) atoms. The molecule has 1 saturated heterocycles. The maximum atomic E-state index is 11.9. The van der Waals surface area contributed by atoms with Crippen molar-refractivity contribution in [2.24, 2.45) is 5.73 Å². The van der Waals surface area contributed by atoms with E-state index in [1.54, 1.807) is 0 Å². The molecule has 1 aliphatic heterocycles. The zero-order chi connectivity index (χ0) is 14.0. The number of rotatable bonds is 3. The number of carbonyl (C=O) groups is 1. The third-order valence-electron chi connectivity index (χ3n) is 3.52. The Morgan fingerprint density at radius 1 is 1.58 bits per heavy atom. The predicted octanol–water partition coefficient (Wildman–Crippen LogP) is 2.18. The SMILES string of the molecule is CCC1C(=O)NCCN1c1ccc(C(C)N)c(Br)c1. The number of anilines is 1. The van der Waals surface area contributed by atoms with Crippen molar-refractivity contribution in [3.63, 3.8) is 0 Å². The van der Waals surface area contributed by atoms with Gasteiger partial charge in [-0.2, -0.15) is 0 Å². The molecule has 0 bridgehead atoms. The summed E-state index contributed by atoms with van der Waals surface area (Å²) in [5, 5.41) is 2.91. The molecule has 1 amide bonds. The summed E-state index contributed by atoms with van der Waals surface area (Å²) in [4.78, 5) is 14.0. The van der Waals surface area contributed by atoms with Crippen LogP contribution in [0.1, 0.15) is 31.9 Å². The molecule has 0 spiro atoms. The highest BCUT2D eigenvalue weighted by Crippen LogP contribution is 2.29. The maximum Gasteiger partial charge on any atom is 0.242 e. The van der Waals surface area contributed by atoms with Gasteiger partial charge in [-0.05, 0) is 31.0 Å². The van der Waals surface area contributed by atoms with Gasteiger partial charge in [-0.25, -0.2) is 0 Å². The molecule has 2 rings (SSSR count). The standard InChI is InChI=1S/C14H20BrN3O/c1-3-13-14(19)17-6-7-18(13)10-4-5-11(9(2)16)12(15)8-10/h4-5,8-9,13H,3,6-7,16H2,1-2H3,(H,17,19). The van der Waals surface area contributed by atoms with E-state index in [1.807, 2.05) is 26.0 Å². The Morgan fingerprint density at radius 2 is 2.32 bits per heavy atom. The fourth-order valence-electron chi connectivity index (χ4n) is 2.49. The van der Waals surface area contributed by atoms with Crippen molar-refractivity contribution in [3.05, 3.63) is 28.2 Å². The number of amides is 1. The quantitative estimate of drug-likeness (QED) is 0.895. The smallest absolute Gasteiger partial charge is 0.242 e. The molecule has 0 aromatic heterocycles. The van der Waals surface area contributed by atoms with Crippen LogP contribution < -0.4 is 16.0 Å². The van der Waals surface area contributed by atoms with Crippen molar-refractivity contribution in [2.45, 2.75) is 32.4 Å². The van der Waals surface area contributed by atoms with Crippen molar-refractivity contribution in [3.8, 4) is 0 Å². The number of halogens is 1. The molecule has 1 aromatic rings. The second kappa shape index (κ2) is 5.92. The highest BCUT2D eigenvalue weighted by molar-refractivity contribution is 9.10. The van der Waals surface area contributed by atoms with Crippen LogP contribution >= 0.6 is 15.9 Å². The molecule has 0 saturated carbocycles. The van der Waals surface area contributed by atoms with Gasteiger partial charge >= 0.3 is 0 Å². The first-order chi connectivity index (χ1) is 9.04. The molecule has 0 radical (unpaired) electrons. The normalized spacial score (nSPS) is 21.2. The summed E-state index contributed by atoms with van der Waals surface area (Å²) >= 11 is 3.56. The van der Waals surface area contributed by atoms with Crippen LogP contribution in [-0.2, 0) is 4.79 Å². The summed E-state index contributed by atoms with van der Waals surface area (Å²) in [6.45, 7) is 5.53. The summed E-state index contributed by atoms with van der Waals surface area (Å²) in [5.74, 6) is 0.112. The average Bonchev–Trinajstić information content (AvgIpc) is 2.37. The van der Waals surface area contributed by atoms with Gasteiger partial charge in [-0.15, -0.1) is 0 Å². The van der Waals surface area contributed by atoms with E-state index in [1.165, 1.54) is 0 Å². The lowest BCUT2D eigenvalue weighted by Crippen LogP contribution is -2.55. The number of nitrogens with one attached hydrogen (secondary N) is 1. The van der Waals surface area contributed by atoms with E-state index in [4.69, 9.17) is 5.73 Å². The number of nitrogens with two attached hydrogens (primary N) is 1. The first kappa shape index (κ1) is 14.3. The van der Waals surface area contributed by atoms with E-state index in [2.05, 4.69) is 32.2 Å². The minimum atomic E-state index is -0.0817. The molecular weight excluding hydrogens is 306 g/mol. The van der Waals surface area contributed by atoms with Gasteiger partial charge in [0, 0.05) is 29.3 Å². The second-order valence-electron chi connectivity index (χ2n) is 4.90. The lowest BCUT2D eigenvalue weighted by Gasteiger charge is -2.36. The maximum absolute atomic E-state index is 11.9. The monoisotopic (exact) mass is 325 g/mol. The molecular formula is C14H20BrN3O. The summed E-state index contributed by atoms with van der Waals surface area (Å²) in [7, 11) is 0. The second-order valence-corrected chi connectivity index (χ2v) is 5.76. The predicted molar refractivity (Wildman–Crippen MR) is 81.2 cm³/mol. The minimum absolute atomic E-state index is 0.00458. The van der Waals surface area contributed by atoms with Crippen LogP contribution in [0.2, 0.25) is 0 Å². The van der Waals surface area contributed by atoms with Crippen molar-refractivity contribution in [2.75, 3.05) is 18.0 Å². The number of hydrogen-bond acceptors (Lipinski definition) is 3. The van der Waals surface area contributed by atoms with Crippen LogP contribution in [0.15, 0.2) is 22.7 Å². The summed E-state index contributed by atoms with van der Waals surface area (Å²) in [6, 6.07) is 6.05. The van der Waals surface area contributed by atoms with Gasteiger partial charge in [0.25, 0.3) is 0 Å². The Hall–Kier alpha value is -1.07. The Labute approximate surface area is 122 Å². The molecule has 104 valence electrons. The van der Waals surface area contributed by atoms with E-state index in [0.29, 0.717) is 6.54 Å². The molecule has 3 N–H and O–H groups in total. The van der Waals surface area contributed by atoms with Crippen LogP contribution in [0, 0.1) is 0 Å². The molecule has 1 fully saturated rings. The molecule has 0 aliphatic carbocycles. The van der Waals surface area contributed by atoms with Crippen LogP contribution in [0.5, 0.6) is 0 Å². The van der Waals surface area contributed by atoms with Gasteiger partial charge in [0.05, 0.1) is 0 Å². The van der Waals surface area contributed by atoms with Gasteiger partial charge in [0.2, 0.25) is 5.91 Å². The zero-order valence-electron chi connectivity index (χ0n) is 11.3. The largest absolute Gasteiger partial charge is 0.358 e. The number of hydrogen-bond donors (Lipinski definition) is 2. The Bertz CT molecular complexity index is 476. The number of benzene rings is 1. The molecule has 1 heterocycles. The minimum Gasteiger partial charge on any atom is -0.358 e. The van der Waals surface area contributed by atoms with E-state index in [9.17, 15) is 4.79 Å². The molecule has 1 aromatic carbocycles. The van der Waals surface area contributed by atoms with Crippen molar-refractivity contribution in [1.82, 2.24) is 5.32 Å². The van der Waals surface area contributed by atoms with Gasteiger partial charge in [0.1, 0.15) is 6.04 Å². The van der Waals surface area contributed by atoms with Crippen molar-refractivity contribution >= 4 is 27.5 Å². The third-order valence-corrected chi connectivity index (χ3v) is 4.21. The summed E-state index contributed by atoms with van der Waals surface area (Å²) in [6.07, 6.45) is 0.804. The van der Waals surface area contributed by atoms with Crippen molar-refractivity contribution < 1.29 is 4.79 Å². The van der Waals surface area contributed by atoms with E-state index in [0.717, 1.165) is 28.7 Å². The third kappa shape index (κ3) is 2.92. The van der Waals surface area contributed by atoms with E-state index >= 15 is 0 Å². The van der Waals surface area contributed by atoms with Crippen LogP contribution in [-0.4, -0.2) is 25.0 Å². The average molecular weight is 326 g/mol. The van der Waals surface area contributed by atoms with Gasteiger partial charge in [0.15, 0.2) is 0 Å². The van der Waals surface area contributed by atoms with Gasteiger partial charge in [-0.1, -0.05) is 28.9 Å². The lowest BCUT2D eigenvalue weighted by atomic mass is 10.1. The first-order valence-corrected chi connectivity index (χ1v) is 7.43. The Balaban J connectivity index is 2.30. The van der Waals surface area contributed by atoms with E-state index < -0.39 is 0 Å². The Morgan fingerprint density at radius 3 is 2.89 bits per heavy atom. The molecule has 4 nitrogen and oxygen atoms in total. The Kier molecular flexibility index (Phi) is 4.47. The number of piperazine rings is 1. The number of carbonyl (C=O) groups excluding carboxylic acids is 1. The zero-order valence-corrected chi connectivity index (χ0v) is 12.9. The molecule has 1 aliphatic rings. The van der Waals surface area contributed by atoms with Crippen LogP contribution in [0.4, 0.5) is 5.69 Å². The van der Waals surface area contributed by atoms with Gasteiger partial charge < -0.3 is 16.0 Å². The summed E-state index contributed by atoms with van der Waals surface area (Å²) < 4.78 is 1.00. The highest BCUT2D eigenvalue weighted by Gasteiger charge is 2.28. The molecule has 2 unspecified atom stereocenters. The van der Waals surface area contributed by atoms with Gasteiger partial charge in [-0.3, -0.25) is 4.79 Å². The van der Waals surface area contributed by atoms with Crippen molar-refractivity contribution in [1.29, 1.82) is 0 Å². The number of nitrogens with zero attached hydrogens (tertiary/aromatic N) is 1. The summed E-state index contributed by atoms with van der Waals surface area (Å²) in [5.41, 5.74) is 8.06. The lowest BCUT2D eigenvalue weighted by molar-refractivity contribution is -0.123. The topological polar surface area (TPSA) is 58.4 Å². The molecule has 2 atom stereocenters. The fraction of sp³-hybridized carbons (Fsp3) is 0.500. The first-order valence-electron chi connectivity index (χ1n) is 6.64. The fourth-order valence-corrected chi connectivity index (χ4v) is 3.22. The van der Waals surface area contributed by atoms with Crippen LogP contribution in [0.3, 0.4) is 0 Å².